The Labute approximate surface area is 75.8 Å². The van der Waals surface area contributed by atoms with Crippen LogP contribution in [0.2, 0.25) is 5.02 Å². The number of hydrogen-bond donors (Lipinski definition) is 1. The van der Waals surface area contributed by atoms with Gasteiger partial charge in [-0.1, -0.05) is 18.5 Å². The zero-order chi connectivity index (χ0) is 9.14. The number of hydrogen-bond acceptors (Lipinski definition) is 1. The first-order chi connectivity index (χ1) is 5.65. The third kappa shape index (κ3) is 1.96. The Morgan fingerprint density at radius 3 is 2.83 bits per heavy atom. The molecule has 1 aromatic carbocycles. The van der Waals surface area contributed by atoms with Gasteiger partial charge in [0, 0.05) is 10.9 Å². The molecule has 12 heavy (non-hydrogen) atoms. The smallest absolute Gasteiger partial charge is 0.127 e. The van der Waals surface area contributed by atoms with Gasteiger partial charge < -0.3 is 5.11 Å². The summed E-state index contributed by atoms with van der Waals surface area (Å²) in [5, 5.41) is 9.23. The first kappa shape index (κ1) is 9.49. The van der Waals surface area contributed by atoms with Crippen molar-refractivity contribution in [3.63, 3.8) is 0 Å². The Hall–Kier alpha value is -0.600. The summed E-state index contributed by atoms with van der Waals surface area (Å²) in [7, 11) is 0. The van der Waals surface area contributed by atoms with Gasteiger partial charge in [-0.15, -0.1) is 0 Å². The fourth-order valence-electron chi connectivity index (χ4n) is 0.910. The zero-order valence-electron chi connectivity index (χ0n) is 6.64. The average Bonchev–Trinajstić information content (AvgIpc) is 2.08. The molecule has 1 radical (unpaired) electrons. The molecule has 0 spiro atoms. The molecule has 0 aliphatic rings. The minimum absolute atomic E-state index is 0.155. The third-order valence-electron chi connectivity index (χ3n) is 1.63. The van der Waals surface area contributed by atoms with Crippen molar-refractivity contribution in [1.82, 2.24) is 0 Å². The lowest BCUT2D eigenvalue weighted by molar-refractivity contribution is 0.313. The molecule has 0 amide bonds. The van der Waals surface area contributed by atoms with Gasteiger partial charge in [0.1, 0.15) is 5.82 Å². The highest BCUT2D eigenvalue weighted by molar-refractivity contribution is 6.30. The molecule has 0 aromatic heterocycles. The molecule has 0 saturated heterocycles. The lowest BCUT2D eigenvalue weighted by Gasteiger charge is -2.08. The third-order valence-corrected chi connectivity index (χ3v) is 1.86. The Morgan fingerprint density at radius 2 is 2.25 bits per heavy atom. The second kappa shape index (κ2) is 3.87. The Balaban J connectivity index is 3.04. The molecule has 1 rings (SSSR count). The predicted molar refractivity (Wildman–Crippen MR) is 46.5 cm³/mol. The second-order valence-electron chi connectivity index (χ2n) is 2.56. The molecule has 1 N–H and O–H groups in total. The summed E-state index contributed by atoms with van der Waals surface area (Å²) < 4.78 is 13.0. The maximum Gasteiger partial charge on any atom is 0.127 e. The Kier molecular flexibility index (Phi) is 3.06. The molecule has 0 aliphatic heterocycles. The minimum Gasteiger partial charge on any atom is -0.395 e. The zero-order valence-corrected chi connectivity index (χ0v) is 7.40. The van der Waals surface area contributed by atoms with Gasteiger partial charge in [0.15, 0.2) is 0 Å². The summed E-state index contributed by atoms with van der Waals surface area (Å²) in [6.07, 6.45) is 0. The van der Waals surface area contributed by atoms with Crippen LogP contribution in [0.1, 0.15) is 12.5 Å². The molecule has 0 aliphatic carbocycles. The Bertz CT molecular complexity index is 275. The topological polar surface area (TPSA) is 20.2 Å². The van der Waals surface area contributed by atoms with Crippen LogP contribution in [0.25, 0.3) is 0 Å². The van der Waals surface area contributed by atoms with Crippen molar-refractivity contribution in [2.45, 2.75) is 6.92 Å². The number of halogens is 2. The van der Waals surface area contributed by atoms with Crippen molar-refractivity contribution >= 4 is 11.6 Å². The standard InChI is InChI=1S/C9H9ClFO/c1-6(5-12)8-4-7(10)2-3-9(8)11/h2-4,12H,5H2,1H3. The van der Waals surface area contributed by atoms with Gasteiger partial charge in [-0.3, -0.25) is 0 Å². The van der Waals surface area contributed by atoms with E-state index in [4.69, 9.17) is 16.7 Å². The number of rotatable bonds is 2. The van der Waals surface area contributed by atoms with E-state index >= 15 is 0 Å². The fraction of sp³-hybridized carbons (Fsp3) is 0.222. The molecule has 0 saturated carbocycles. The van der Waals surface area contributed by atoms with Crippen LogP contribution in [0.4, 0.5) is 4.39 Å². The van der Waals surface area contributed by atoms with E-state index in [1.807, 2.05) is 0 Å². The summed E-state index contributed by atoms with van der Waals surface area (Å²) in [5.74, 6) is 0.223. The van der Waals surface area contributed by atoms with Crippen LogP contribution in [0, 0.1) is 11.7 Å². The number of aliphatic hydroxyl groups is 1. The van der Waals surface area contributed by atoms with E-state index in [9.17, 15) is 4.39 Å². The maximum atomic E-state index is 13.0. The van der Waals surface area contributed by atoms with E-state index in [-0.39, 0.29) is 12.4 Å². The normalized spacial score (nSPS) is 10.8. The van der Waals surface area contributed by atoms with Crippen LogP contribution in [0.15, 0.2) is 18.2 Å². The van der Waals surface area contributed by atoms with E-state index in [1.54, 1.807) is 6.92 Å². The van der Waals surface area contributed by atoms with Gasteiger partial charge in [-0.05, 0) is 23.8 Å². The van der Waals surface area contributed by atoms with Crippen molar-refractivity contribution in [1.29, 1.82) is 0 Å². The van der Waals surface area contributed by atoms with Crippen molar-refractivity contribution < 1.29 is 9.50 Å². The van der Waals surface area contributed by atoms with Crippen molar-refractivity contribution in [2.24, 2.45) is 0 Å². The van der Waals surface area contributed by atoms with E-state index in [2.05, 4.69) is 0 Å². The highest BCUT2D eigenvalue weighted by Gasteiger charge is 2.10. The van der Waals surface area contributed by atoms with Gasteiger partial charge in [0.2, 0.25) is 0 Å². The first-order valence-electron chi connectivity index (χ1n) is 3.54. The summed E-state index contributed by atoms with van der Waals surface area (Å²) in [6.45, 7) is 1.51. The molecule has 0 fully saturated rings. The molecule has 3 heteroatoms. The van der Waals surface area contributed by atoms with Crippen LogP contribution >= 0.6 is 11.6 Å². The van der Waals surface area contributed by atoms with E-state index in [1.165, 1.54) is 18.2 Å². The monoisotopic (exact) mass is 187 g/mol. The largest absolute Gasteiger partial charge is 0.395 e. The van der Waals surface area contributed by atoms with Crippen LogP contribution in [-0.4, -0.2) is 11.7 Å². The van der Waals surface area contributed by atoms with Crippen molar-refractivity contribution in [2.75, 3.05) is 6.61 Å². The quantitative estimate of drug-likeness (QED) is 0.754. The molecule has 65 valence electrons. The summed E-state index contributed by atoms with van der Waals surface area (Å²) in [5.41, 5.74) is 0.380. The van der Waals surface area contributed by atoms with Gasteiger partial charge in [0.05, 0.1) is 6.61 Å². The Morgan fingerprint density at radius 1 is 1.58 bits per heavy atom. The van der Waals surface area contributed by atoms with Crippen LogP contribution < -0.4 is 0 Å². The number of aliphatic hydroxyl groups excluding tert-OH is 1. The van der Waals surface area contributed by atoms with E-state index in [0.717, 1.165) is 0 Å². The maximum absolute atomic E-state index is 13.0. The molecular formula is C9H9ClFO. The van der Waals surface area contributed by atoms with Crippen molar-refractivity contribution in [3.05, 3.63) is 40.5 Å². The molecule has 0 unspecified atom stereocenters. The van der Waals surface area contributed by atoms with Gasteiger partial charge in [0.25, 0.3) is 0 Å². The fourth-order valence-corrected chi connectivity index (χ4v) is 1.08. The average molecular weight is 188 g/mol. The highest BCUT2D eigenvalue weighted by atomic mass is 35.5. The van der Waals surface area contributed by atoms with Gasteiger partial charge in [-0.2, -0.15) is 0 Å². The van der Waals surface area contributed by atoms with Crippen molar-refractivity contribution in [3.8, 4) is 0 Å². The molecular weight excluding hydrogens is 179 g/mol. The predicted octanol–water partition coefficient (Wildman–Crippen LogP) is 2.41. The van der Waals surface area contributed by atoms with E-state index < -0.39 is 0 Å². The van der Waals surface area contributed by atoms with E-state index in [0.29, 0.717) is 16.5 Å². The lowest BCUT2D eigenvalue weighted by Crippen LogP contribution is -2.02. The summed E-state index contributed by atoms with van der Waals surface area (Å²) in [4.78, 5) is 0. The van der Waals surface area contributed by atoms with Gasteiger partial charge in [-0.25, -0.2) is 4.39 Å². The summed E-state index contributed by atoms with van der Waals surface area (Å²) in [6, 6.07) is 4.27. The van der Waals surface area contributed by atoms with Crippen LogP contribution in [0.5, 0.6) is 0 Å². The van der Waals surface area contributed by atoms with Gasteiger partial charge >= 0.3 is 0 Å². The first-order valence-corrected chi connectivity index (χ1v) is 3.91. The number of benzene rings is 1. The molecule has 0 heterocycles. The summed E-state index contributed by atoms with van der Waals surface area (Å²) >= 11 is 5.66. The van der Waals surface area contributed by atoms with Crippen LogP contribution in [-0.2, 0) is 0 Å². The molecule has 1 aromatic rings. The lowest BCUT2D eigenvalue weighted by atomic mass is 10.0. The van der Waals surface area contributed by atoms with Crippen LogP contribution in [0.3, 0.4) is 0 Å². The second-order valence-corrected chi connectivity index (χ2v) is 3.00. The molecule has 1 nitrogen and oxygen atoms in total. The molecule has 0 atom stereocenters. The SMILES string of the molecule is C[C](CO)c1cc(Cl)ccc1F. The highest BCUT2D eigenvalue weighted by Crippen LogP contribution is 2.21. The minimum atomic E-state index is -0.356. The molecule has 0 bridgehead atoms.